The number of benzene rings is 3. The molecule has 1 saturated heterocycles. The second-order valence-corrected chi connectivity index (χ2v) is 9.67. The van der Waals surface area contributed by atoms with Crippen LogP contribution in [0.3, 0.4) is 0 Å². The van der Waals surface area contributed by atoms with Crippen LogP contribution in [0.4, 0.5) is 0 Å². The summed E-state index contributed by atoms with van der Waals surface area (Å²) in [6.07, 6.45) is 1.34. The van der Waals surface area contributed by atoms with Crippen molar-refractivity contribution in [3.8, 4) is 5.75 Å². The molecule has 0 aliphatic carbocycles. The zero-order chi connectivity index (χ0) is 22.6. The Morgan fingerprint density at radius 2 is 1.67 bits per heavy atom. The van der Waals surface area contributed by atoms with Gasteiger partial charge in [0, 0.05) is 15.1 Å². The maximum Gasteiger partial charge on any atom is 0.306 e. The third-order valence-electron chi connectivity index (χ3n) is 6.41. The van der Waals surface area contributed by atoms with Crippen LogP contribution in [-0.2, 0) is 11.4 Å². The number of carbonyl (C=O) groups is 1. The number of ether oxygens (including phenoxy) is 1. The third kappa shape index (κ3) is 4.80. The lowest BCUT2D eigenvalue weighted by molar-refractivity contribution is -0.143. The fourth-order valence-electron chi connectivity index (χ4n) is 4.64. The Morgan fingerprint density at radius 3 is 2.42 bits per heavy atom. The normalized spacial score (nSPS) is 16.0. The molecule has 0 spiro atoms. The summed E-state index contributed by atoms with van der Waals surface area (Å²) < 4.78 is 7.60. The summed E-state index contributed by atoms with van der Waals surface area (Å²) in [7, 11) is 0. The summed E-state index contributed by atoms with van der Waals surface area (Å²) in [6, 6.07) is 29.3. The smallest absolute Gasteiger partial charge is 0.306 e. The highest BCUT2D eigenvalue weighted by Crippen LogP contribution is 2.41. The van der Waals surface area contributed by atoms with Gasteiger partial charge in [-0.3, -0.25) is 9.69 Å². The van der Waals surface area contributed by atoms with Crippen LogP contribution in [0.5, 0.6) is 5.75 Å². The molecule has 1 N–H and O–H groups in total. The van der Waals surface area contributed by atoms with E-state index in [4.69, 9.17) is 4.74 Å². The lowest BCUT2D eigenvalue weighted by Crippen LogP contribution is -2.39. The molecule has 0 radical (unpaired) electrons. The van der Waals surface area contributed by atoms with E-state index >= 15 is 0 Å². The number of hydrogen-bond acceptors (Lipinski definition) is 4. The van der Waals surface area contributed by atoms with Crippen molar-refractivity contribution in [1.29, 1.82) is 0 Å². The molecule has 1 aliphatic rings. The minimum atomic E-state index is -0.681. The number of aliphatic carboxylic acids is 1. The Morgan fingerprint density at radius 1 is 0.970 bits per heavy atom. The van der Waals surface area contributed by atoms with E-state index in [-0.39, 0.29) is 12.0 Å². The van der Waals surface area contributed by atoms with Gasteiger partial charge >= 0.3 is 5.97 Å². The molecule has 33 heavy (non-hydrogen) atoms. The van der Waals surface area contributed by atoms with Crippen molar-refractivity contribution in [2.24, 2.45) is 5.92 Å². The van der Waals surface area contributed by atoms with Crippen LogP contribution >= 0.6 is 11.3 Å². The van der Waals surface area contributed by atoms with Gasteiger partial charge in [-0.1, -0.05) is 66.7 Å². The van der Waals surface area contributed by atoms with Gasteiger partial charge in [0.25, 0.3) is 0 Å². The molecule has 4 nitrogen and oxygen atoms in total. The van der Waals surface area contributed by atoms with Crippen molar-refractivity contribution in [2.75, 3.05) is 13.1 Å². The first-order valence-electron chi connectivity index (χ1n) is 11.4. The number of piperidine rings is 1. The van der Waals surface area contributed by atoms with Gasteiger partial charge in [-0.15, -0.1) is 11.3 Å². The average Bonchev–Trinajstić information content (AvgIpc) is 3.28. The lowest BCUT2D eigenvalue weighted by Gasteiger charge is -2.37. The Kier molecular flexibility index (Phi) is 6.42. The quantitative estimate of drug-likeness (QED) is 0.350. The van der Waals surface area contributed by atoms with E-state index in [9.17, 15) is 9.90 Å². The number of nitrogens with zero attached hydrogens (tertiary/aromatic N) is 1. The molecule has 168 valence electrons. The van der Waals surface area contributed by atoms with Gasteiger partial charge in [0.15, 0.2) is 0 Å². The summed E-state index contributed by atoms with van der Waals surface area (Å²) in [5.74, 6) is -0.0577. The zero-order valence-corrected chi connectivity index (χ0v) is 19.2. The minimum absolute atomic E-state index is 0.0316. The number of carboxylic acids is 1. The number of hydrogen-bond donors (Lipinski definition) is 1. The monoisotopic (exact) mass is 457 g/mol. The predicted octanol–water partition coefficient (Wildman–Crippen LogP) is 6.37. The second kappa shape index (κ2) is 9.77. The van der Waals surface area contributed by atoms with Crippen molar-refractivity contribution in [3.63, 3.8) is 0 Å². The fourth-order valence-corrected chi connectivity index (χ4v) is 5.86. The molecule has 0 bridgehead atoms. The van der Waals surface area contributed by atoms with Gasteiger partial charge in [0.2, 0.25) is 0 Å². The molecule has 1 atom stereocenters. The summed E-state index contributed by atoms with van der Waals surface area (Å²) in [4.78, 5) is 15.2. The predicted molar refractivity (Wildman–Crippen MR) is 133 cm³/mol. The van der Waals surface area contributed by atoms with E-state index in [0.717, 1.165) is 30.0 Å². The van der Waals surface area contributed by atoms with Crippen LogP contribution in [0.1, 0.15) is 34.9 Å². The summed E-state index contributed by atoms with van der Waals surface area (Å²) in [6.45, 7) is 2.02. The Balaban J connectivity index is 1.50. The molecule has 3 aromatic carbocycles. The van der Waals surface area contributed by atoms with Crippen molar-refractivity contribution >= 4 is 27.4 Å². The van der Waals surface area contributed by atoms with E-state index < -0.39 is 5.97 Å². The summed E-state index contributed by atoms with van der Waals surface area (Å²) in [5.41, 5.74) is 2.27. The molecule has 4 aromatic rings. The van der Waals surface area contributed by atoms with Gasteiger partial charge in [-0.2, -0.15) is 0 Å². The molecule has 1 unspecified atom stereocenters. The molecule has 1 fully saturated rings. The second-order valence-electron chi connectivity index (χ2n) is 8.55. The largest absolute Gasteiger partial charge is 0.489 e. The van der Waals surface area contributed by atoms with Crippen molar-refractivity contribution in [2.45, 2.75) is 25.5 Å². The number of fused-ring (bicyclic) bond motifs is 1. The molecule has 1 aliphatic heterocycles. The Hall–Kier alpha value is -3.15. The van der Waals surface area contributed by atoms with Crippen molar-refractivity contribution in [3.05, 3.63) is 101 Å². The van der Waals surface area contributed by atoms with Gasteiger partial charge in [0.1, 0.15) is 12.4 Å². The molecule has 5 heteroatoms. The van der Waals surface area contributed by atoms with Gasteiger partial charge in [-0.25, -0.2) is 0 Å². The first-order valence-corrected chi connectivity index (χ1v) is 12.2. The van der Waals surface area contributed by atoms with E-state index in [1.54, 1.807) is 0 Å². The van der Waals surface area contributed by atoms with E-state index in [1.165, 1.54) is 15.0 Å². The van der Waals surface area contributed by atoms with E-state index in [2.05, 4.69) is 59.5 Å². The van der Waals surface area contributed by atoms with Crippen LogP contribution in [0.2, 0.25) is 0 Å². The molecule has 2 heterocycles. The molecular formula is C28H27NO3S. The number of carboxylic acid groups (broad SMARTS) is 1. The highest BCUT2D eigenvalue weighted by Gasteiger charge is 2.32. The zero-order valence-electron chi connectivity index (χ0n) is 18.4. The first kappa shape index (κ1) is 21.7. The van der Waals surface area contributed by atoms with Crippen LogP contribution < -0.4 is 4.74 Å². The molecular weight excluding hydrogens is 430 g/mol. The maximum absolute atomic E-state index is 11.5. The van der Waals surface area contributed by atoms with Gasteiger partial charge in [0.05, 0.1) is 12.0 Å². The average molecular weight is 458 g/mol. The van der Waals surface area contributed by atoms with Crippen LogP contribution in [0, 0.1) is 5.92 Å². The van der Waals surface area contributed by atoms with E-state index in [1.807, 2.05) is 41.7 Å². The number of thiophene rings is 1. The standard InChI is InChI=1S/C28H27NO3S/c30-28(31)21-14-16-29(17-15-21)27(26-18-22-10-4-7-13-25(22)33-26)23-11-5-6-12-24(23)32-19-20-8-2-1-3-9-20/h1-13,18,21,27H,14-17,19H2,(H,30,31). The van der Waals surface area contributed by atoms with Crippen LogP contribution in [0.25, 0.3) is 10.1 Å². The topological polar surface area (TPSA) is 49.8 Å². The molecule has 0 saturated carbocycles. The number of rotatable bonds is 7. The SMILES string of the molecule is O=C(O)C1CCN(C(c2cc3ccccc3s2)c2ccccc2OCc2ccccc2)CC1. The lowest BCUT2D eigenvalue weighted by atomic mass is 9.93. The summed E-state index contributed by atoms with van der Waals surface area (Å²) >= 11 is 1.81. The summed E-state index contributed by atoms with van der Waals surface area (Å²) in [5, 5.41) is 10.7. The van der Waals surface area contributed by atoms with Crippen LogP contribution in [0.15, 0.2) is 84.9 Å². The maximum atomic E-state index is 11.5. The Bertz CT molecular complexity index is 1200. The van der Waals surface area contributed by atoms with Crippen molar-refractivity contribution < 1.29 is 14.6 Å². The van der Waals surface area contributed by atoms with Gasteiger partial charge in [-0.05, 0) is 55.1 Å². The highest BCUT2D eigenvalue weighted by molar-refractivity contribution is 7.19. The van der Waals surface area contributed by atoms with E-state index in [0.29, 0.717) is 19.4 Å². The van der Waals surface area contributed by atoms with Crippen LogP contribution in [-0.4, -0.2) is 29.1 Å². The molecule has 5 rings (SSSR count). The fraction of sp³-hybridized carbons (Fsp3) is 0.250. The minimum Gasteiger partial charge on any atom is -0.489 e. The van der Waals surface area contributed by atoms with Crippen molar-refractivity contribution in [1.82, 2.24) is 4.90 Å². The Labute approximate surface area is 198 Å². The van der Waals surface area contributed by atoms with Gasteiger partial charge < -0.3 is 9.84 Å². The molecule has 1 aromatic heterocycles. The third-order valence-corrected chi connectivity index (χ3v) is 7.58. The first-order chi connectivity index (χ1) is 16.2. The number of likely N-dealkylation sites (tertiary alicyclic amines) is 1. The molecule has 0 amide bonds. The highest BCUT2D eigenvalue weighted by atomic mass is 32.1. The number of para-hydroxylation sites is 1.